The lowest BCUT2D eigenvalue weighted by molar-refractivity contribution is -0.133. The van der Waals surface area contributed by atoms with Gasteiger partial charge in [-0.1, -0.05) is 28.9 Å². The summed E-state index contributed by atoms with van der Waals surface area (Å²) in [6.07, 6.45) is 1.91. The molecule has 2 aromatic heterocycles. The zero-order chi connectivity index (χ0) is 19.2. The van der Waals surface area contributed by atoms with Gasteiger partial charge in [0.15, 0.2) is 5.82 Å². The van der Waals surface area contributed by atoms with E-state index in [0.717, 1.165) is 5.56 Å². The number of aromatic amines is 1. The second-order valence-electron chi connectivity index (χ2n) is 5.87. The lowest BCUT2D eigenvalue weighted by atomic mass is 10.1. The Labute approximate surface area is 160 Å². The number of halogens is 1. The Morgan fingerprint density at radius 3 is 2.81 bits per heavy atom. The van der Waals surface area contributed by atoms with E-state index in [1.54, 1.807) is 31.2 Å². The fraction of sp³-hybridized carbons (Fsp3) is 0.353. The molecule has 9 nitrogen and oxygen atoms in total. The molecule has 0 saturated heterocycles. The number of amides is 1. The number of benzene rings is 1. The van der Waals surface area contributed by atoms with Crippen LogP contribution in [0.1, 0.15) is 23.9 Å². The van der Waals surface area contributed by atoms with E-state index < -0.39 is 0 Å². The fourth-order valence-electron chi connectivity index (χ4n) is 2.60. The summed E-state index contributed by atoms with van der Waals surface area (Å²) < 4.78 is 10.4. The Balaban J connectivity index is 1.62. The number of rotatable bonds is 8. The largest absolute Gasteiger partial charge is 0.382 e. The minimum absolute atomic E-state index is 0.0635. The van der Waals surface area contributed by atoms with Gasteiger partial charge in [0.2, 0.25) is 17.6 Å². The van der Waals surface area contributed by atoms with E-state index in [1.165, 1.54) is 6.33 Å². The number of carbonyl (C=O) groups is 1. The Morgan fingerprint density at radius 2 is 2.15 bits per heavy atom. The van der Waals surface area contributed by atoms with Gasteiger partial charge >= 0.3 is 0 Å². The highest BCUT2D eigenvalue weighted by Crippen LogP contribution is 2.23. The third kappa shape index (κ3) is 4.69. The summed E-state index contributed by atoms with van der Waals surface area (Å²) in [7, 11) is 3.35. The van der Waals surface area contributed by atoms with Crippen LogP contribution >= 0.6 is 11.6 Å². The number of aryl methyl sites for hydroxylation is 1. The van der Waals surface area contributed by atoms with Crippen molar-refractivity contribution in [1.29, 1.82) is 0 Å². The van der Waals surface area contributed by atoms with Gasteiger partial charge in [0.1, 0.15) is 6.33 Å². The van der Waals surface area contributed by atoms with Crippen LogP contribution in [0.4, 0.5) is 0 Å². The number of ether oxygens (including phenoxy) is 1. The van der Waals surface area contributed by atoms with Gasteiger partial charge in [-0.2, -0.15) is 10.1 Å². The van der Waals surface area contributed by atoms with E-state index in [1.807, 2.05) is 12.1 Å². The quantitative estimate of drug-likeness (QED) is 0.628. The van der Waals surface area contributed by atoms with Crippen LogP contribution in [0.3, 0.4) is 0 Å². The standard InChI is InChI=1S/C17H19ClN6O3/c1-24(13(9-26-2)11-3-5-12(18)6-4-11)15(25)8-7-14-21-17(23-27-14)16-19-10-20-22-16/h3-6,10,13H,7-9H2,1-2H3,(H,19,20,22)/t13-/m0/s1. The van der Waals surface area contributed by atoms with Crippen molar-refractivity contribution >= 4 is 17.5 Å². The molecule has 0 aliphatic heterocycles. The Hall–Kier alpha value is -2.78. The Bertz CT molecular complexity index is 865. The van der Waals surface area contributed by atoms with Crippen molar-refractivity contribution in [3.8, 4) is 11.6 Å². The van der Waals surface area contributed by atoms with Gasteiger partial charge < -0.3 is 14.2 Å². The average molecular weight is 391 g/mol. The van der Waals surface area contributed by atoms with E-state index in [0.29, 0.717) is 35.6 Å². The lowest BCUT2D eigenvalue weighted by Crippen LogP contribution is -2.33. The van der Waals surface area contributed by atoms with Crippen LogP contribution in [0.25, 0.3) is 11.6 Å². The summed E-state index contributed by atoms with van der Waals surface area (Å²) in [6, 6.07) is 7.14. The molecule has 0 aliphatic carbocycles. The van der Waals surface area contributed by atoms with Crippen molar-refractivity contribution in [2.75, 3.05) is 20.8 Å². The molecule has 1 amide bonds. The molecule has 1 aromatic carbocycles. The summed E-state index contributed by atoms with van der Waals surface area (Å²) in [6.45, 7) is 0.375. The summed E-state index contributed by atoms with van der Waals surface area (Å²) in [5, 5.41) is 10.9. The van der Waals surface area contributed by atoms with Crippen molar-refractivity contribution in [3.63, 3.8) is 0 Å². The lowest BCUT2D eigenvalue weighted by Gasteiger charge is -2.28. The first kappa shape index (κ1) is 19.0. The van der Waals surface area contributed by atoms with Gasteiger partial charge in [-0.05, 0) is 17.7 Å². The SMILES string of the molecule is COC[C@@H](c1ccc(Cl)cc1)N(C)C(=O)CCc1nc(-c2ncn[nH]2)no1. The molecule has 2 heterocycles. The second kappa shape index (κ2) is 8.74. The normalized spacial score (nSPS) is 12.1. The van der Waals surface area contributed by atoms with Crippen molar-refractivity contribution in [1.82, 2.24) is 30.2 Å². The molecule has 0 radical (unpaired) electrons. The molecule has 142 valence electrons. The van der Waals surface area contributed by atoms with Crippen molar-refractivity contribution in [2.45, 2.75) is 18.9 Å². The molecule has 0 bridgehead atoms. The fourth-order valence-corrected chi connectivity index (χ4v) is 2.73. The number of aromatic nitrogens is 5. The van der Waals surface area contributed by atoms with Crippen LogP contribution in [0, 0.1) is 0 Å². The first-order valence-corrected chi connectivity index (χ1v) is 8.64. The van der Waals surface area contributed by atoms with E-state index >= 15 is 0 Å². The molecular weight excluding hydrogens is 372 g/mol. The predicted molar refractivity (Wildman–Crippen MR) is 96.8 cm³/mol. The zero-order valence-electron chi connectivity index (χ0n) is 14.9. The molecule has 0 aliphatic rings. The highest BCUT2D eigenvalue weighted by atomic mass is 35.5. The molecule has 0 fully saturated rings. The molecule has 3 aromatic rings. The van der Waals surface area contributed by atoms with Crippen LogP contribution in [-0.4, -0.2) is 56.9 Å². The number of nitrogens with one attached hydrogen (secondary N) is 1. The number of likely N-dealkylation sites (N-methyl/N-ethyl adjacent to an activating group) is 1. The number of methoxy groups -OCH3 is 1. The second-order valence-corrected chi connectivity index (χ2v) is 6.31. The van der Waals surface area contributed by atoms with Gasteiger partial charge in [0.25, 0.3) is 0 Å². The number of hydrogen-bond acceptors (Lipinski definition) is 7. The van der Waals surface area contributed by atoms with Crippen LogP contribution in [0.2, 0.25) is 5.02 Å². The summed E-state index contributed by atoms with van der Waals surface area (Å²) >= 11 is 5.95. The van der Waals surface area contributed by atoms with Gasteiger partial charge in [-0.3, -0.25) is 9.89 Å². The van der Waals surface area contributed by atoms with Crippen LogP contribution in [0.5, 0.6) is 0 Å². The highest BCUT2D eigenvalue weighted by molar-refractivity contribution is 6.30. The summed E-state index contributed by atoms with van der Waals surface area (Å²) in [5.74, 6) is 1.02. The molecule has 0 spiro atoms. The van der Waals surface area contributed by atoms with Crippen LogP contribution < -0.4 is 0 Å². The molecule has 3 rings (SSSR count). The zero-order valence-corrected chi connectivity index (χ0v) is 15.7. The molecule has 27 heavy (non-hydrogen) atoms. The third-order valence-corrected chi connectivity index (χ3v) is 4.34. The number of nitrogens with zero attached hydrogens (tertiary/aromatic N) is 5. The predicted octanol–water partition coefficient (Wildman–Crippen LogP) is 2.29. The van der Waals surface area contributed by atoms with Crippen molar-refractivity contribution in [3.05, 3.63) is 47.1 Å². The molecule has 1 N–H and O–H groups in total. The van der Waals surface area contributed by atoms with Crippen molar-refractivity contribution in [2.24, 2.45) is 0 Å². The molecule has 0 unspecified atom stereocenters. The van der Waals surface area contributed by atoms with Crippen LogP contribution in [0.15, 0.2) is 35.1 Å². The summed E-state index contributed by atoms with van der Waals surface area (Å²) in [5.41, 5.74) is 0.947. The van der Waals surface area contributed by atoms with Crippen LogP contribution in [-0.2, 0) is 16.0 Å². The van der Waals surface area contributed by atoms with E-state index in [4.69, 9.17) is 20.9 Å². The summed E-state index contributed by atoms with van der Waals surface area (Å²) in [4.78, 5) is 22.5. The first-order valence-electron chi connectivity index (χ1n) is 8.27. The number of carbonyl (C=O) groups excluding carboxylic acids is 1. The third-order valence-electron chi connectivity index (χ3n) is 4.09. The number of hydrogen-bond donors (Lipinski definition) is 1. The Morgan fingerprint density at radius 1 is 1.37 bits per heavy atom. The van der Waals surface area contributed by atoms with Crippen molar-refractivity contribution < 1.29 is 14.1 Å². The van der Waals surface area contributed by atoms with Gasteiger partial charge in [0.05, 0.1) is 12.6 Å². The minimum Gasteiger partial charge on any atom is -0.382 e. The van der Waals surface area contributed by atoms with Gasteiger partial charge in [-0.25, -0.2) is 4.98 Å². The van der Waals surface area contributed by atoms with E-state index in [2.05, 4.69) is 25.3 Å². The Kier molecular flexibility index (Phi) is 6.15. The molecular formula is C17H19ClN6O3. The molecule has 10 heteroatoms. The first-order chi connectivity index (χ1) is 13.1. The molecule has 0 saturated carbocycles. The maximum absolute atomic E-state index is 12.6. The van der Waals surface area contributed by atoms with Gasteiger partial charge in [0, 0.05) is 32.0 Å². The minimum atomic E-state index is -0.216. The van der Waals surface area contributed by atoms with Gasteiger partial charge in [-0.15, -0.1) is 0 Å². The maximum atomic E-state index is 12.6. The highest BCUT2D eigenvalue weighted by Gasteiger charge is 2.22. The van der Waals surface area contributed by atoms with E-state index in [-0.39, 0.29) is 18.4 Å². The smallest absolute Gasteiger partial charge is 0.239 e. The number of H-pyrrole nitrogens is 1. The maximum Gasteiger partial charge on any atom is 0.239 e. The average Bonchev–Trinajstić information content (AvgIpc) is 3.36. The monoisotopic (exact) mass is 390 g/mol. The molecule has 1 atom stereocenters. The topological polar surface area (TPSA) is 110 Å². The van der Waals surface area contributed by atoms with E-state index in [9.17, 15) is 4.79 Å².